The van der Waals surface area contributed by atoms with E-state index in [2.05, 4.69) is 5.32 Å². The Hall–Kier alpha value is -2.96. The second-order valence-electron chi connectivity index (χ2n) is 7.69. The van der Waals surface area contributed by atoms with Crippen LogP contribution >= 0.6 is 0 Å². The van der Waals surface area contributed by atoms with Gasteiger partial charge in [0, 0.05) is 6.42 Å². The fraction of sp³-hybridized carbons (Fsp3) is 0.364. The summed E-state index contributed by atoms with van der Waals surface area (Å²) in [6.45, 7) is -0.325. The third-order valence-corrected chi connectivity index (χ3v) is 5.59. The molecule has 2 aromatic rings. The van der Waals surface area contributed by atoms with Crippen molar-refractivity contribution in [1.29, 1.82) is 0 Å². The first kappa shape index (κ1) is 19.4. The van der Waals surface area contributed by atoms with Crippen LogP contribution in [0.5, 0.6) is 0 Å². The summed E-state index contributed by atoms with van der Waals surface area (Å²) in [6, 6.07) is 12.2. The van der Waals surface area contributed by atoms with Crippen LogP contribution in [-0.4, -0.2) is 40.8 Å². The lowest BCUT2D eigenvalue weighted by Gasteiger charge is -2.25. The third-order valence-electron chi connectivity index (χ3n) is 5.59. The molecule has 1 heterocycles. The van der Waals surface area contributed by atoms with E-state index in [4.69, 9.17) is 0 Å². The molecule has 1 aliphatic carbocycles. The Morgan fingerprint density at radius 1 is 1.10 bits per heavy atom. The van der Waals surface area contributed by atoms with Gasteiger partial charge in [-0.25, -0.2) is 13.6 Å². The molecule has 1 aliphatic heterocycles. The fourth-order valence-electron chi connectivity index (χ4n) is 3.94. The van der Waals surface area contributed by atoms with Gasteiger partial charge < -0.3 is 10.4 Å². The highest BCUT2D eigenvalue weighted by Crippen LogP contribution is 2.41. The topological polar surface area (TPSA) is 69.6 Å². The van der Waals surface area contributed by atoms with Gasteiger partial charge in [0.2, 0.25) is 5.91 Å². The smallest absolute Gasteiger partial charge is 0.408 e. The van der Waals surface area contributed by atoms with E-state index < -0.39 is 30.3 Å². The van der Waals surface area contributed by atoms with E-state index in [-0.39, 0.29) is 24.7 Å². The third kappa shape index (κ3) is 4.09. The number of carbonyl (C=O) groups excluding carboxylic acids is 1. The molecule has 1 saturated heterocycles. The van der Waals surface area contributed by atoms with Crippen molar-refractivity contribution in [3.8, 4) is 0 Å². The Labute approximate surface area is 167 Å². The standard InChI is InChI=1S/C22H22F2N2O3/c23-16-11-19(26(12-16)22(28)29)21(27)25-20(14-4-2-1-3-5-14)15-8-9-17(13-6-7-13)18(24)10-15/h1-5,8-10,13,16,19-20H,6-7,11-12H2,(H,25,27)(H,28,29)/t16?,19?,20-/m0/s1. The van der Waals surface area contributed by atoms with Gasteiger partial charge >= 0.3 is 6.09 Å². The van der Waals surface area contributed by atoms with E-state index in [1.54, 1.807) is 36.4 Å². The molecule has 2 aliphatic rings. The molecule has 3 atom stereocenters. The van der Waals surface area contributed by atoms with Crippen molar-refractivity contribution in [1.82, 2.24) is 10.2 Å². The monoisotopic (exact) mass is 400 g/mol. The Morgan fingerprint density at radius 2 is 1.83 bits per heavy atom. The lowest BCUT2D eigenvalue weighted by Crippen LogP contribution is -2.46. The number of halogens is 2. The number of carbonyl (C=O) groups is 2. The molecular weight excluding hydrogens is 378 g/mol. The molecule has 1 saturated carbocycles. The van der Waals surface area contributed by atoms with Gasteiger partial charge in [-0.15, -0.1) is 0 Å². The maximum absolute atomic E-state index is 14.6. The summed E-state index contributed by atoms with van der Waals surface area (Å²) in [5.41, 5.74) is 1.97. The average Bonchev–Trinajstić information content (AvgIpc) is 3.47. The Kier molecular flexibility index (Phi) is 5.22. The summed E-state index contributed by atoms with van der Waals surface area (Å²) in [5, 5.41) is 12.1. The molecule has 0 aromatic heterocycles. The van der Waals surface area contributed by atoms with E-state index >= 15 is 0 Å². The van der Waals surface area contributed by atoms with Gasteiger partial charge in [-0.2, -0.15) is 0 Å². The zero-order valence-electron chi connectivity index (χ0n) is 15.7. The number of alkyl halides is 1. The van der Waals surface area contributed by atoms with Crippen molar-refractivity contribution < 1.29 is 23.5 Å². The summed E-state index contributed by atoms with van der Waals surface area (Å²) in [6.07, 6.45) is -0.943. The molecular formula is C22H22F2N2O3. The number of rotatable bonds is 5. The van der Waals surface area contributed by atoms with E-state index in [0.29, 0.717) is 11.1 Å². The van der Waals surface area contributed by atoms with Crippen LogP contribution in [0.25, 0.3) is 0 Å². The van der Waals surface area contributed by atoms with E-state index in [9.17, 15) is 23.5 Å². The number of amides is 2. The summed E-state index contributed by atoms with van der Waals surface area (Å²) < 4.78 is 28.4. The maximum Gasteiger partial charge on any atom is 0.408 e. The van der Waals surface area contributed by atoms with Crippen LogP contribution in [0.1, 0.15) is 47.9 Å². The largest absolute Gasteiger partial charge is 0.465 e. The van der Waals surface area contributed by atoms with Gasteiger partial charge in [-0.3, -0.25) is 9.69 Å². The van der Waals surface area contributed by atoms with Crippen molar-refractivity contribution in [2.24, 2.45) is 0 Å². The van der Waals surface area contributed by atoms with Gasteiger partial charge in [-0.05, 0) is 41.5 Å². The predicted molar refractivity (Wildman–Crippen MR) is 103 cm³/mol. The van der Waals surface area contributed by atoms with Crippen LogP contribution in [0.4, 0.5) is 13.6 Å². The highest BCUT2D eigenvalue weighted by atomic mass is 19.1. The van der Waals surface area contributed by atoms with Crippen LogP contribution in [-0.2, 0) is 4.79 Å². The van der Waals surface area contributed by atoms with Gasteiger partial charge in [0.15, 0.2) is 0 Å². The summed E-state index contributed by atoms with van der Waals surface area (Å²) >= 11 is 0. The summed E-state index contributed by atoms with van der Waals surface area (Å²) in [7, 11) is 0. The zero-order valence-corrected chi connectivity index (χ0v) is 15.7. The van der Waals surface area contributed by atoms with E-state index in [0.717, 1.165) is 23.3 Å². The highest BCUT2D eigenvalue weighted by molar-refractivity contribution is 5.86. The molecule has 0 radical (unpaired) electrons. The second kappa shape index (κ2) is 7.81. The quantitative estimate of drug-likeness (QED) is 0.797. The SMILES string of the molecule is O=C(N[C@@H](c1ccccc1)c1ccc(C2CC2)c(F)c1)C1CC(F)CN1C(=O)O. The number of nitrogens with one attached hydrogen (secondary N) is 1. The van der Waals surface area contributed by atoms with Crippen LogP contribution in [0, 0.1) is 5.82 Å². The minimum atomic E-state index is -1.38. The number of likely N-dealkylation sites (tertiary alicyclic amines) is 1. The normalized spacial score (nSPS) is 22.3. The molecule has 152 valence electrons. The molecule has 5 nitrogen and oxygen atoms in total. The molecule has 7 heteroatoms. The zero-order chi connectivity index (χ0) is 20.5. The molecule has 4 rings (SSSR count). The first-order valence-electron chi connectivity index (χ1n) is 9.72. The van der Waals surface area contributed by atoms with Crippen LogP contribution in [0.15, 0.2) is 48.5 Å². The maximum atomic E-state index is 14.6. The first-order valence-corrected chi connectivity index (χ1v) is 9.72. The number of hydrogen-bond donors (Lipinski definition) is 2. The molecule has 2 unspecified atom stereocenters. The van der Waals surface area contributed by atoms with Crippen LogP contribution in [0.2, 0.25) is 0 Å². The van der Waals surface area contributed by atoms with Crippen molar-refractivity contribution in [2.75, 3.05) is 6.54 Å². The lowest BCUT2D eigenvalue weighted by atomic mass is 9.96. The molecule has 2 fully saturated rings. The summed E-state index contributed by atoms with van der Waals surface area (Å²) in [5.74, 6) is -0.636. The highest BCUT2D eigenvalue weighted by Gasteiger charge is 2.40. The van der Waals surface area contributed by atoms with Crippen molar-refractivity contribution in [3.63, 3.8) is 0 Å². The minimum absolute atomic E-state index is 0.186. The van der Waals surface area contributed by atoms with Gasteiger partial charge in [0.1, 0.15) is 18.0 Å². The Bertz CT molecular complexity index is 918. The Morgan fingerprint density at radius 3 is 2.45 bits per heavy atom. The molecule has 2 amide bonds. The number of hydrogen-bond acceptors (Lipinski definition) is 2. The molecule has 2 N–H and O–H groups in total. The van der Waals surface area contributed by atoms with Crippen LogP contribution < -0.4 is 5.32 Å². The van der Waals surface area contributed by atoms with Gasteiger partial charge in [0.05, 0.1) is 12.6 Å². The van der Waals surface area contributed by atoms with Crippen molar-refractivity contribution in [2.45, 2.75) is 43.4 Å². The molecule has 2 aromatic carbocycles. The molecule has 0 spiro atoms. The first-order chi connectivity index (χ1) is 13.9. The van der Waals surface area contributed by atoms with Crippen molar-refractivity contribution in [3.05, 3.63) is 71.0 Å². The number of carboxylic acid groups (broad SMARTS) is 1. The second-order valence-corrected chi connectivity index (χ2v) is 7.69. The number of nitrogens with zero attached hydrogens (tertiary/aromatic N) is 1. The molecule has 29 heavy (non-hydrogen) atoms. The lowest BCUT2D eigenvalue weighted by molar-refractivity contribution is -0.125. The van der Waals surface area contributed by atoms with E-state index in [1.807, 2.05) is 6.07 Å². The van der Waals surface area contributed by atoms with Crippen molar-refractivity contribution >= 4 is 12.0 Å². The predicted octanol–water partition coefficient (Wildman–Crippen LogP) is 4.00. The summed E-state index contributed by atoms with van der Waals surface area (Å²) in [4.78, 5) is 25.0. The van der Waals surface area contributed by atoms with Gasteiger partial charge in [-0.1, -0.05) is 42.5 Å². The average molecular weight is 400 g/mol. The van der Waals surface area contributed by atoms with Gasteiger partial charge in [0.25, 0.3) is 0 Å². The van der Waals surface area contributed by atoms with E-state index in [1.165, 1.54) is 6.07 Å². The van der Waals surface area contributed by atoms with Crippen LogP contribution in [0.3, 0.4) is 0 Å². The molecule has 0 bridgehead atoms. The Balaban J connectivity index is 1.62. The minimum Gasteiger partial charge on any atom is -0.465 e. The number of benzene rings is 2. The fourth-order valence-corrected chi connectivity index (χ4v) is 3.94.